The number of hydrogen-bond donors (Lipinski definition) is 2. The maximum absolute atomic E-state index is 9.51. The van der Waals surface area contributed by atoms with Gasteiger partial charge in [-0.3, -0.25) is 0 Å². The molecule has 0 fully saturated rings. The maximum Gasteiger partial charge on any atom is 0.0613 e. The Labute approximate surface area is 101 Å². The quantitative estimate of drug-likeness (QED) is 0.601. The Morgan fingerprint density at radius 2 is 1.75 bits per heavy atom. The summed E-state index contributed by atoms with van der Waals surface area (Å²) in [5, 5.41) is 12.9. The van der Waals surface area contributed by atoms with E-state index in [2.05, 4.69) is 37.9 Å². The Bertz CT molecular complexity index is 154. The van der Waals surface area contributed by atoms with E-state index in [1.165, 1.54) is 0 Å². The van der Waals surface area contributed by atoms with Gasteiger partial charge in [-0.15, -0.1) is 0 Å². The van der Waals surface area contributed by atoms with Crippen molar-refractivity contribution in [3.63, 3.8) is 0 Å². The second kappa shape index (κ2) is 8.97. The van der Waals surface area contributed by atoms with Gasteiger partial charge in [0, 0.05) is 5.54 Å². The predicted molar refractivity (Wildman–Crippen MR) is 70.8 cm³/mol. The molecule has 3 nitrogen and oxygen atoms in total. The summed E-state index contributed by atoms with van der Waals surface area (Å²) in [6.07, 6.45) is 3.21. The Morgan fingerprint density at radius 3 is 2.12 bits per heavy atom. The first-order valence-electron chi connectivity index (χ1n) is 6.76. The lowest BCUT2D eigenvalue weighted by molar-refractivity contribution is 0.141. The fraction of sp³-hybridized carbons (Fsp3) is 1.00. The summed E-state index contributed by atoms with van der Waals surface area (Å²) < 4.78 is 0. The molecule has 16 heavy (non-hydrogen) atoms. The van der Waals surface area contributed by atoms with E-state index in [9.17, 15) is 5.11 Å². The third-order valence-electron chi connectivity index (χ3n) is 3.56. The van der Waals surface area contributed by atoms with Gasteiger partial charge >= 0.3 is 0 Å². The molecule has 1 atom stereocenters. The van der Waals surface area contributed by atoms with E-state index < -0.39 is 0 Å². The molecule has 0 aliphatic carbocycles. The molecule has 0 saturated carbocycles. The molecular formula is C13H30N2O. The van der Waals surface area contributed by atoms with Crippen LogP contribution in [0, 0.1) is 0 Å². The average molecular weight is 230 g/mol. The third-order valence-corrected chi connectivity index (χ3v) is 3.56. The van der Waals surface area contributed by atoms with Crippen LogP contribution in [0.5, 0.6) is 0 Å². The van der Waals surface area contributed by atoms with Crippen LogP contribution in [0.2, 0.25) is 0 Å². The van der Waals surface area contributed by atoms with Gasteiger partial charge in [-0.1, -0.05) is 27.7 Å². The lowest BCUT2D eigenvalue weighted by atomic mass is 9.91. The van der Waals surface area contributed by atoms with Crippen molar-refractivity contribution >= 4 is 0 Å². The van der Waals surface area contributed by atoms with Crippen molar-refractivity contribution in [2.24, 2.45) is 0 Å². The summed E-state index contributed by atoms with van der Waals surface area (Å²) in [5.74, 6) is 0. The van der Waals surface area contributed by atoms with Crippen molar-refractivity contribution < 1.29 is 5.11 Å². The molecule has 1 unspecified atom stereocenters. The van der Waals surface area contributed by atoms with Crippen molar-refractivity contribution in [1.82, 2.24) is 10.2 Å². The van der Waals surface area contributed by atoms with E-state index in [1.807, 2.05) is 0 Å². The summed E-state index contributed by atoms with van der Waals surface area (Å²) in [5.41, 5.74) is -0.0537. The zero-order valence-electron chi connectivity index (χ0n) is 11.6. The number of nitrogens with zero attached hydrogens (tertiary/aromatic N) is 1. The van der Waals surface area contributed by atoms with Gasteiger partial charge in [0.15, 0.2) is 0 Å². The zero-order valence-corrected chi connectivity index (χ0v) is 11.6. The van der Waals surface area contributed by atoms with Gasteiger partial charge in [-0.25, -0.2) is 0 Å². The molecule has 0 aliphatic heterocycles. The summed E-state index contributed by atoms with van der Waals surface area (Å²) >= 11 is 0. The number of aliphatic hydroxyl groups excluding tert-OH is 1. The first-order valence-corrected chi connectivity index (χ1v) is 6.76. The molecule has 0 aromatic rings. The average Bonchev–Trinajstić information content (AvgIpc) is 2.33. The highest BCUT2D eigenvalue weighted by Gasteiger charge is 2.25. The largest absolute Gasteiger partial charge is 0.394 e. The Hall–Kier alpha value is -0.120. The molecule has 3 heteroatoms. The monoisotopic (exact) mass is 230 g/mol. The molecule has 0 rings (SSSR count). The van der Waals surface area contributed by atoms with Crippen molar-refractivity contribution in [2.45, 2.75) is 52.5 Å². The van der Waals surface area contributed by atoms with Crippen LogP contribution in [0.15, 0.2) is 0 Å². The van der Waals surface area contributed by atoms with Crippen molar-refractivity contribution in [1.29, 1.82) is 0 Å². The first-order chi connectivity index (χ1) is 7.67. The Balaban J connectivity index is 4.01. The SMILES string of the molecule is CCNC(CC)(CO)CCCN(CC)CC. The van der Waals surface area contributed by atoms with Crippen LogP contribution in [-0.4, -0.2) is 48.3 Å². The van der Waals surface area contributed by atoms with Gasteiger partial charge in [0.05, 0.1) is 6.61 Å². The minimum Gasteiger partial charge on any atom is -0.394 e. The topological polar surface area (TPSA) is 35.5 Å². The second-order valence-electron chi connectivity index (χ2n) is 4.45. The Kier molecular flexibility index (Phi) is 8.90. The van der Waals surface area contributed by atoms with Gasteiger partial charge in [0.2, 0.25) is 0 Å². The van der Waals surface area contributed by atoms with Crippen LogP contribution in [0.25, 0.3) is 0 Å². The van der Waals surface area contributed by atoms with E-state index in [0.29, 0.717) is 0 Å². The zero-order chi connectivity index (χ0) is 12.4. The van der Waals surface area contributed by atoms with E-state index in [1.54, 1.807) is 0 Å². The summed E-state index contributed by atoms with van der Waals surface area (Å²) in [4.78, 5) is 2.43. The van der Waals surface area contributed by atoms with E-state index in [-0.39, 0.29) is 12.1 Å². The van der Waals surface area contributed by atoms with E-state index >= 15 is 0 Å². The normalized spacial score (nSPS) is 15.4. The minimum absolute atomic E-state index is 0.0537. The van der Waals surface area contributed by atoms with E-state index in [4.69, 9.17) is 0 Å². The van der Waals surface area contributed by atoms with Crippen LogP contribution in [-0.2, 0) is 0 Å². The predicted octanol–water partition coefficient (Wildman–Crippen LogP) is 1.86. The van der Waals surface area contributed by atoms with Gasteiger partial charge in [-0.2, -0.15) is 0 Å². The van der Waals surface area contributed by atoms with Gasteiger partial charge in [-0.05, 0) is 45.4 Å². The van der Waals surface area contributed by atoms with Gasteiger partial charge < -0.3 is 15.3 Å². The summed E-state index contributed by atoms with van der Waals surface area (Å²) in [6, 6.07) is 0. The molecule has 0 heterocycles. The highest BCUT2D eigenvalue weighted by Crippen LogP contribution is 2.17. The van der Waals surface area contributed by atoms with E-state index in [0.717, 1.165) is 45.4 Å². The highest BCUT2D eigenvalue weighted by molar-refractivity contribution is 4.85. The second-order valence-corrected chi connectivity index (χ2v) is 4.45. The van der Waals surface area contributed by atoms with Gasteiger partial charge in [0.1, 0.15) is 0 Å². The molecule has 98 valence electrons. The maximum atomic E-state index is 9.51. The molecule has 0 bridgehead atoms. The molecule has 2 N–H and O–H groups in total. The molecule has 0 amide bonds. The fourth-order valence-electron chi connectivity index (χ4n) is 2.19. The molecule has 0 saturated heterocycles. The van der Waals surface area contributed by atoms with Crippen molar-refractivity contribution in [3.8, 4) is 0 Å². The van der Waals surface area contributed by atoms with Crippen molar-refractivity contribution in [2.75, 3.05) is 32.8 Å². The molecule has 0 spiro atoms. The number of aliphatic hydroxyl groups is 1. The van der Waals surface area contributed by atoms with Crippen molar-refractivity contribution in [3.05, 3.63) is 0 Å². The van der Waals surface area contributed by atoms with Crippen LogP contribution >= 0.6 is 0 Å². The molecule has 0 aromatic carbocycles. The molecule has 0 radical (unpaired) electrons. The number of nitrogens with one attached hydrogen (secondary N) is 1. The van der Waals surface area contributed by atoms with Gasteiger partial charge in [0.25, 0.3) is 0 Å². The molecule has 0 aliphatic rings. The first kappa shape index (κ1) is 15.9. The lowest BCUT2D eigenvalue weighted by Crippen LogP contribution is -2.48. The van der Waals surface area contributed by atoms with Crippen LogP contribution < -0.4 is 5.32 Å². The number of likely N-dealkylation sites (N-methyl/N-ethyl adjacent to an activating group) is 1. The third kappa shape index (κ3) is 5.28. The summed E-state index contributed by atoms with van der Waals surface area (Å²) in [6.45, 7) is 13.2. The molecule has 0 aromatic heterocycles. The van der Waals surface area contributed by atoms with Crippen LogP contribution in [0.1, 0.15) is 47.0 Å². The number of rotatable bonds is 10. The Morgan fingerprint density at radius 1 is 1.12 bits per heavy atom. The number of hydrogen-bond acceptors (Lipinski definition) is 3. The lowest BCUT2D eigenvalue weighted by Gasteiger charge is -2.32. The molecular weight excluding hydrogens is 200 g/mol. The smallest absolute Gasteiger partial charge is 0.0613 e. The summed E-state index contributed by atoms with van der Waals surface area (Å²) in [7, 11) is 0. The fourth-order valence-corrected chi connectivity index (χ4v) is 2.19. The van der Waals surface area contributed by atoms with Crippen LogP contribution in [0.4, 0.5) is 0 Å². The van der Waals surface area contributed by atoms with Crippen LogP contribution in [0.3, 0.4) is 0 Å². The minimum atomic E-state index is -0.0537. The standard InChI is InChI=1S/C13H30N2O/c1-5-13(12-16,14-6-2)10-9-11-15(7-3)8-4/h14,16H,5-12H2,1-4H3. The highest BCUT2D eigenvalue weighted by atomic mass is 16.3.